The van der Waals surface area contributed by atoms with Crippen molar-refractivity contribution in [2.75, 3.05) is 19.6 Å². The Labute approximate surface area is 124 Å². The molecule has 0 aliphatic heterocycles. The zero-order valence-electron chi connectivity index (χ0n) is 12.4. The molecule has 1 heterocycles. The van der Waals surface area contributed by atoms with E-state index in [9.17, 15) is 4.79 Å². The summed E-state index contributed by atoms with van der Waals surface area (Å²) in [5.41, 5.74) is 1.20. The molecule has 1 fully saturated rings. The lowest BCUT2D eigenvalue weighted by atomic mass is 10.2. The third-order valence-electron chi connectivity index (χ3n) is 3.84. The van der Waals surface area contributed by atoms with Crippen LogP contribution in [0, 0.1) is 0 Å². The summed E-state index contributed by atoms with van der Waals surface area (Å²) in [5.74, 6) is -0.109. The van der Waals surface area contributed by atoms with Crippen molar-refractivity contribution in [2.45, 2.75) is 51.9 Å². The van der Waals surface area contributed by atoms with Gasteiger partial charge in [-0.1, -0.05) is 13.8 Å². The number of aryl methyl sites for hydroxylation is 1. The van der Waals surface area contributed by atoms with Crippen LogP contribution in [0.25, 0.3) is 0 Å². The number of carboxylic acid groups (broad SMARTS) is 1. The van der Waals surface area contributed by atoms with Crippen LogP contribution in [0.3, 0.4) is 0 Å². The minimum atomic E-state index is -0.718. The van der Waals surface area contributed by atoms with Crippen molar-refractivity contribution < 1.29 is 9.90 Å². The maximum atomic E-state index is 10.7. The number of likely N-dealkylation sites (N-methyl/N-ethyl adjacent to an activating group) is 1. The van der Waals surface area contributed by atoms with Crippen molar-refractivity contribution in [2.24, 2.45) is 0 Å². The lowest BCUT2D eigenvalue weighted by molar-refractivity contribution is -0.136. The Balaban J connectivity index is 1.99. The number of hydrogen-bond donors (Lipinski definition) is 1. The first-order valence-electron chi connectivity index (χ1n) is 7.56. The second kappa shape index (κ2) is 7.18. The molecule has 1 N–H and O–H groups in total. The minimum absolute atomic E-state index is 0.220. The zero-order chi connectivity index (χ0) is 14.5. The fourth-order valence-corrected chi connectivity index (χ4v) is 3.53. The first kappa shape index (κ1) is 15.4. The Morgan fingerprint density at radius 2 is 2.05 bits per heavy atom. The SMILES string of the molecule is CCN(CC)CCc1nc(C2CC2)c(CCC(=O)O)s1. The molecule has 0 bridgehead atoms. The van der Waals surface area contributed by atoms with Crippen LogP contribution >= 0.6 is 11.3 Å². The van der Waals surface area contributed by atoms with E-state index in [1.54, 1.807) is 11.3 Å². The van der Waals surface area contributed by atoms with E-state index in [0.29, 0.717) is 12.3 Å². The van der Waals surface area contributed by atoms with E-state index in [0.717, 1.165) is 26.1 Å². The van der Waals surface area contributed by atoms with Gasteiger partial charge in [0.2, 0.25) is 0 Å². The van der Waals surface area contributed by atoms with Gasteiger partial charge in [-0.05, 0) is 32.4 Å². The highest BCUT2D eigenvalue weighted by atomic mass is 32.1. The van der Waals surface area contributed by atoms with Crippen LogP contribution in [0.2, 0.25) is 0 Å². The highest BCUT2D eigenvalue weighted by molar-refractivity contribution is 7.11. The second-order valence-corrected chi connectivity index (χ2v) is 6.53. The molecule has 1 aliphatic rings. The third kappa shape index (κ3) is 4.28. The summed E-state index contributed by atoms with van der Waals surface area (Å²) in [6, 6.07) is 0. The van der Waals surface area contributed by atoms with Crippen LogP contribution in [-0.2, 0) is 17.6 Å². The Kier molecular flexibility index (Phi) is 5.54. The van der Waals surface area contributed by atoms with E-state index < -0.39 is 5.97 Å². The number of carbonyl (C=O) groups is 1. The van der Waals surface area contributed by atoms with Gasteiger partial charge in [-0.3, -0.25) is 4.79 Å². The number of aliphatic carboxylic acids is 1. The Bertz CT molecular complexity index is 451. The molecule has 0 aromatic carbocycles. The predicted octanol–water partition coefficient (Wildman–Crippen LogP) is 2.92. The summed E-state index contributed by atoms with van der Waals surface area (Å²) in [4.78, 5) is 19.1. The molecule has 5 heteroatoms. The van der Waals surface area contributed by atoms with Gasteiger partial charge in [-0.2, -0.15) is 0 Å². The molecule has 2 rings (SSSR count). The summed E-state index contributed by atoms with van der Waals surface area (Å²) in [5, 5.41) is 10.0. The standard InChI is InChI=1S/C15H24N2O2S/c1-3-17(4-2)10-9-13-16-15(11-5-6-11)12(20-13)7-8-14(18)19/h11H,3-10H2,1-2H3,(H,18,19). The van der Waals surface area contributed by atoms with Crippen molar-refractivity contribution in [1.29, 1.82) is 0 Å². The number of carboxylic acids is 1. The Morgan fingerprint density at radius 1 is 1.35 bits per heavy atom. The number of thiazole rings is 1. The molecule has 1 aliphatic carbocycles. The number of nitrogens with zero attached hydrogens (tertiary/aromatic N) is 2. The molecule has 0 saturated heterocycles. The van der Waals surface area contributed by atoms with Crippen LogP contribution in [-0.4, -0.2) is 40.6 Å². The van der Waals surface area contributed by atoms with Gasteiger partial charge in [-0.15, -0.1) is 11.3 Å². The quantitative estimate of drug-likeness (QED) is 0.761. The van der Waals surface area contributed by atoms with Crippen LogP contribution in [0.1, 0.15) is 54.6 Å². The van der Waals surface area contributed by atoms with Crippen molar-refractivity contribution in [3.8, 4) is 0 Å². The molecule has 1 aromatic rings. The first-order chi connectivity index (χ1) is 9.63. The molecular weight excluding hydrogens is 272 g/mol. The molecule has 1 aromatic heterocycles. The average molecular weight is 296 g/mol. The fourth-order valence-electron chi connectivity index (χ4n) is 2.39. The largest absolute Gasteiger partial charge is 0.481 e. The van der Waals surface area contributed by atoms with Gasteiger partial charge in [0.25, 0.3) is 0 Å². The van der Waals surface area contributed by atoms with Crippen molar-refractivity contribution in [3.05, 3.63) is 15.6 Å². The highest BCUT2D eigenvalue weighted by Crippen LogP contribution is 2.43. The maximum absolute atomic E-state index is 10.7. The smallest absolute Gasteiger partial charge is 0.303 e. The van der Waals surface area contributed by atoms with E-state index in [-0.39, 0.29) is 6.42 Å². The summed E-state index contributed by atoms with van der Waals surface area (Å²) < 4.78 is 0. The third-order valence-corrected chi connectivity index (χ3v) is 5.03. The molecule has 0 atom stereocenters. The van der Waals surface area contributed by atoms with E-state index in [1.807, 2.05) is 0 Å². The number of rotatable bonds is 9. The molecule has 1 saturated carbocycles. The summed E-state index contributed by atoms with van der Waals surface area (Å²) >= 11 is 1.73. The van der Waals surface area contributed by atoms with Crippen LogP contribution in [0.5, 0.6) is 0 Å². The van der Waals surface area contributed by atoms with Gasteiger partial charge in [-0.25, -0.2) is 4.98 Å². The zero-order valence-corrected chi connectivity index (χ0v) is 13.2. The molecular formula is C15H24N2O2S. The van der Waals surface area contributed by atoms with E-state index >= 15 is 0 Å². The topological polar surface area (TPSA) is 53.4 Å². The summed E-state index contributed by atoms with van der Waals surface area (Å²) in [6.07, 6.45) is 4.29. The van der Waals surface area contributed by atoms with Crippen LogP contribution in [0.4, 0.5) is 0 Å². The van der Waals surface area contributed by atoms with E-state index in [2.05, 4.69) is 18.7 Å². The number of hydrogen-bond acceptors (Lipinski definition) is 4. The normalized spacial score (nSPS) is 14.9. The second-order valence-electron chi connectivity index (χ2n) is 5.36. The van der Waals surface area contributed by atoms with Gasteiger partial charge in [0.05, 0.1) is 17.1 Å². The van der Waals surface area contributed by atoms with Crippen molar-refractivity contribution in [1.82, 2.24) is 9.88 Å². The van der Waals surface area contributed by atoms with E-state index in [4.69, 9.17) is 10.1 Å². The number of aromatic nitrogens is 1. The minimum Gasteiger partial charge on any atom is -0.481 e. The molecule has 20 heavy (non-hydrogen) atoms. The van der Waals surface area contributed by atoms with Gasteiger partial charge in [0, 0.05) is 23.8 Å². The molecule has 112 valence electrons. The monoisotopic (exact) mass is 296 g/mol. The van der Waals surface area contributed by atoms with Gasteiger partial charge >= 0.3 is 5.97 Å². The summed E-state index contributed by atoms with van der Waals surface area (Å²) in [7, 11) is 0. The average Bonchev–Trinajstić information content (AvgIpc) is 3.19. The lowest BCUT2D eigenvalue weighted by Crippen LogP contribution is -2.25. The van der Waals surface area contributed by atoms with Crippen LogP contribution in [0.15, 0.2) is 0 Å². The molecule has 4 nitrogen and oxygen atoms in total. The molecule has 0 spiro atoms. The van der Waals surface area contributed by atoms with E-state index in [1.165, 1.54) is 28.4 Å². The maximum Gasteiger partial charge on any atom is 0.303 e. The van der Waals surface area contributed by atoms with Gasteiger partial charge in [0.1, 0.15) is 0 Å². The van der Waals surface area contributed by atoms with Gasteiger partial charge in [0.15, 0.2) is 0 Å². The first-order valence-corrected chi connectivity index (χ1v) is 8.38. The fraction of sp³-hybridized carbons (Fsp3) is 0.733. The van der Waals surface area contributed by atoms with Crippen molar-refractivity contribution in [3.63, 3.8) is 0 Å². The lowest BCUT2D eigenvalue weighted by Gasteiger charge is -2.16. The van der Waals surface area contributed by atoms with Crippen LogP contribution < -0.4 is 0 Å². The molecule has 0 unspecified atom stereocenters. The summed E-state index contributed by atoms with van der Waals surface area (Å²) in [6.45, 7) is 7.55. The Hall–Kier alpha value is -0.940. The highest BCUT2D eigenvalue weighted by Gasteiger charge is 2.29. The van der Waals surface area contributed by atoms with Crippen molar-refractivity contribution >= 4 is 17.3 Å². The molecule has 0 amide bonds. The predicted molar refractivity (Wildman–Crippen MR) is 81.5 cm³/mol. The Morgan fingerprint density at radius 3 is 2.60 bits per heavy atom. The molecule has 0 radical (unpaired) electrons. The van der Waals surface area contributed by atoms with Gasteiger partial charge < -0.3 is 10.0 Å².